The summed E-state index contributed by atoms with van der Waals surface area (Å²) in [5.74, 6) is -0.423. The molecular weight excluding hydrogens is 221 g/mol. The highest BCUT2D eigenvalue weighted by atomic mass is 19.1. The lowest BCUT2D eigenvalue weighted by Crippen LogP contribution is -2.12. The molecule has 86 valence electrons. The van der Waals surface area contributed by atoms with Gasteiger partial charge in [-0.3, -0.25) is 4.79 Å². The number of hydrogen-bond donors (Lipinski definition) is 2. The second-order valence-electron chi connectivity index (χ2n) is 3.44. The number of halogens is 1. The van der Waals surface area contributed by atoms with E-state index in [1.54, 1.807) is 12.1 Å². The van der Waals surface area contributed by atoms with Gasteiger partial charge in [-0.15, -0.1) is 0 Å². The zero-order valence-electron chi connectivity index (χ0n) is 8.85. The Balaban J connectivity index is 2.14. The van der Waals surface area contributed by atoms with Gasteiger partial charge in [-0.1, -0.05) is 6.07 Å². The van der Waals surface area contributed by atoms with Gasteiger partial charge in [0.25, 0.3) is 5.91 Å². The molecule has 17 heavy (non-hydrogen) atoms. The molecule has 0 unspecified atom stereocenters. The predicted octanol–water partition coefficient (Wildman–Crippen LogP) is 2.06. The molecule has 2 aromatic rings. The van der Waals surface area contributed by atoms with Gasteiger partial charge in [0, 0.05) is 11.9 Å². The second-order valence-corrected chi connectivity index (χ2v) is 3.44. The highest BCUT2D eigenvalue weighted by Crippen LogP contribution is 2.11. The molecular formula is C12H10FN3O. The number of pyridine rings is 1. The van der Waals surface area contributed by atoms with Crippen LogP contribution in [0.1, 0.15) is 10.4 Å². The maximum Gasteiger partial charge on any atom is 0.257 e. The first-order chi connectivity index (χ1) is 8.15. The van der Waals surface area contributed by atoms with E-state index in [2.05, 4.69) is 10.3 Å². The quantitative estimate of drug-likeness (QED) is 0.831. The lowest BCUT2D eigenvalue weighted by molar-refractivity contribution is 0.102. The highest BCUT2D eigenvalue weighted by molar-refractivity contribution is 6.04. The van der Waals surface area contributed by atoms with Gasteiger partial charge >= 0.3 is 0 Å². The summed E-state index contributed by atoms with van der Waals surface area (Å²) in [5.41, 5.74) is 6.17. The summed E-state index contributed by atoms with van der Waals surface area (Å²) in [5, 5.41) is 2.56. The van der Waals surface area contributed by atoms with Crippen molar-refractivity contribution in [1.29, 1.82) is 0 Å². The molecule has 3 N–H and O–H groups in total. The molecule has 4 nitrogen and oxygen atoms in total. The fraction of sp³-hybridized carbons (Fsp3) is 0. The van der Waals surface area contributed by atoms with Crippen LogP contribution in [-0.4, -0.2) is 10.9 Å². The third kappa shape index (κ3) is 2.78. The SMILES string of the molecule is Nc1ccc(C(=O)Nc2cccc(F)c2)cn1. The van der Waals surface area contributed by atoms with Crippen LogP contribution in [0.3, 0.4) is 0 Å². The first-order valence-corrected chi connectivity index (χ1v) is 4.93. The number of rotatable bonds is 2. The maximum atomic E-state index is 12.9. The summed E-state index contributed by atoms with van der Waals surface area (Å²) in [6.45, 7) is 0. The highest BCUT2D eigenvalue weighted by Gasteiger charge is 2.06. The Hall–Kier alpha value is -2.43. The van der Waals surface area contributed by atoms with Crippen LogP contribution in [0.2, 0.25) is 0 Å². The monoisotopic (exact) mass is 231 g/mol. The zero-order valence-corrected chi connectivity index (χ0v) is 8.85. The summed E-state index contributed by atoms with van der Waals surface area (Å²) in [4.78, 5) is 15.5. The molecule has 2 rings (SSSR count). The van der Waals surface area contributed by atoms with Crippen molar-refractivity contribution in [3.63, 3.8) is 0 Å². The molecule has 0 saturated heterocycles. The Morgan fingerprint density at radius 2 is 2.12 bits per heavy atom. The summed E-state index contributed by atoms with van der Waals surface area (Å²) < 4.78 is 12.9. The molecule has 1 heterocycles. The molecule has 0 spiro atoms. The normalized spacial score (nSPS) is 9.94. The molecule has 0 bridgehead atoms. The number of nitrogens with two attached hydrogens (primary N) is 1. The van der Waals surface area contributed by atoms with Crippen molar-refractivity contribution in [2.75, 3.05) is 11.1 Å². The summed E-state index contributed by atoms with van der Waals surface area (Å²) in [6.07, 6.45) is 1.37. The van der Waals surface area contributed by atoms with Gasteiger partial charge in [0.1, 0.15) is 11.6 Å². The van der Waals surface area contributed by atoms with Crippen molar-refractivity contribution in [2.24, 2.45) is 0 Å². The average Bonchev–Trinajstić information content (AvgIpc) is 2.29. The van der Waals surface area contributed by atoms with Crippen LogP contribution in [0.5, 0.6) is 0 Å². The van der Waals surface area contributed by atoms with Gasteiger partial charge in [-0.25, -0.2) is 9.37 Å². The maximum absolute atomic E-state index is 12.9. The molecule has 5 heteroatoms. The van der Waals surface area contributed by atoms with E-state index in [1.165, 1.54) is 30.5 Å². The first-order valence-electron chi connectivity index (χ1n) is 4.93. The van der Waals surface area contributed by atoms with Crippen LogP contribution in [0.25, 0.3) is 0 Å². The minimum Gasteiger partial charge on any atom is -0.384 e. The fourth-order valence-electron chi connectivity index (χ4n) is 1.31. The minimum atomic E-state index is -0.404. The van der Waals surface area contributed by atoms with E-state index in [0.29, 0.717) is 17.1 Å². The number of nitrogens with one attached hydrogen (secondary N) is 1. The van der Waals surface area contributed by atoms with Crippen molar-refractivity contribution < 1.29 is 9.18 Å². The topological polar surface area (TPSA) is 68.0 Å². The average molecular weight is 231 g/mol. The first kappa shape index (κ1) is 11.1. The number of nitrogens with zero attached hydrogens (tertiary/aromatic N) is 1. The molecule has 0 radical (unpaired) electrons. The third-order valence-corrected chi connectivity index (χ3v) is 2.13. The van der Waals surface area contributed by atoms with Gasteiger partial charge in [0.05, 0.1) is 5.56 Å². The number of amides is 1. The Morgan fingerprint density at radius 3 is 2.76 bits per heavy atom. The van der Waals surface area contributed by atoms with E-state index in [-0.39, 0.29) is 5.91 Å². The molecule has 0 atom stereocenters. The molecule has 0 aliphatic heterocycles. The van der Waals surface area contributed by atoms with E-state index < -0.39 is 5.82 Å². The number of hydrogen-bond acceptors (Lipinski definition) is 3. The molecule has 0 fully saturated rings. The van der Waals surface area contributed by atoms with Gasteiger partial charge in [-0.05, 0) is 30.3 Å². The molecule has 1 aromatic heterocycles. The summed E-state index contributed by atoms with van der Waals surface area (Å²) in [7, 11) is 0. The Labute approximate surface area is 97.3 Å². The van der Waals surface area contributed by atoms with Crippen LogP contribution in [-0.2, 0) is 0 Å². The van der Waals surface area contributed by atoms with Crippen molar-refractivity contribution in [2.45, 2.75) is 0 Å². The molecule has 0 aliphatic rings. The van der Waals surface area contributed by atoms with Crippen molar-refractivity contribution in [3.05, 3.63) is 54.0 Å². The Bertz CT molecular complexity index is 540. The van der Waals surface area contributed by atoms with E-state index >= 15 is 0 Å². The predicted molar refractivity (Wildman–Crippen MR) is 63.0 cm³/mol. The van der Waals surface area contributed by atoms with Crippen LogP contribution in [0.4, 0.5) is 15.9 Å². The van der Waals surface area contributed by atoms with Crippen LogP contribution in [0.15, 0.2) is 42.6 Å². The molecule has 1 aromatic carbocycles. The number of benzene rings is 1. The number of aromatic nitrogens is 1. The van der Waals surface area contributed by atoms with Gasteiger partial charge in [0.2, 0.25) is 0 Å². The van der Waals surface area contributed by atoms with Crippen LogP contribution >= 0.6 is 0 Å². The van der Waals surface area contributed by atoms with Crippen molar-refractivity contribution in [3.8, 4) is 0 Å². The van der Waals surface area contributed by atoms with Gasteiger partial charge in [0.15, 0.2) is 0 Å². The largest absolute Gasteiger partial charge is 0.384 e. The van der Waals surface area contributed by atoms with Crippen LogP contribution < -0.4 is 11.1 Å². The smallest absolute Gasteiger partial charge is 0.257 e. The zero-order chi connectivity index (χ0) is 12.3. The number of carbonyl (C=O) groups excluding carboxylic acids is 1. The molecule has 0 saturated carbocycles. The van der Waals surface area contributed by atoms with Crippen LogP contribution in [0, 0.1) is 5.82 Å². The Morgan fingerprint density at radius 1 is 1.29 bits per heavy atom. The van der Waals surface area contributed by atoms with Crippen molar-refractivity contribution >= 4 is 17.4 Å². The number of anilines is 2. The summed E-state index contributed by atoms with van der Waals surface area (Å²) in [6, 6.07) is 8.75. The molecule has 1 amide bonds. The summed E-state index contributed by atoms with van der Waals surface area (Å²) >= 11 is 0. The van der Waals surface area contributed by atoms with E-state index in [0.717, 1.165) is 0 Å². The van der Waals surface area contributed by atoms with Gasteiger partial charge in [-0.2, -0.15) is 0 Å². The number of carbonyl (C=O) groups is 1. The minimum absolute atomic E-state index is 0.340. The van der Waals surface area contributed by atoms with E-state index in [4.69, 9.17) is 5.73 Å². The number of nitrogen functional groups attached to an aromatic ring is 1. The van der Waals surface area contributed by atoms with E-state index in [9.17, 15) is 9.18 Å². The third-order valence-electron chi connectivity index (χ3n) is 2.13. The molecule has 0 aliphatic carbocycles. The second kappa shape index (κ2) is 4.61. The fourth-order valence-corrected chi connectivity index (χ4v) is 1.31. The van der Waals surface area contributed by atoms with E-state index in [1.807, 2.05) is 0 Å². The van der Waals surface area contributed by atoms with Crippen molar-refractivity contribution in [1.82, 2.24) is 4.98 Å². The lowest BCUT2D eigenvalue weighted by atomic mass is 10.2. The Kier molecular flexibility index (Phi) is 3.00. The lowest BCUT2D eigenvalue weighted by Gasteiger charge is -2.04. The standard InChI is InChI=1S/C12H10FN3O/c13-9-2-1-3-10(6-9)16-12(17)8-4-5-11(14)15-7-8/h1-7H,(H2,14,15)(H,16,17). The van der Waals surface area contributed by atoms with Gasteiger partial charge < -0.3 is 11.1 Å².